The highest BCUT2D eigenvalue weighted by Crippen LogP contribution is 2.28. The second kappa shape index (κ2) is 4.14. The van der Waals surface area contributed by atoms with Crippen molar-refractivity contribution < 1.29 is 9.63 Å². The van der Waals surface area contributed by atoms with Crippen LogP contribution in [0.5, 0.6) is 5.75 Å². The molecule has 0 unspecified atom stereocenters. The minimum Gasteiger partial charge on any atom is -0.506 e. The third-order valence-electron chi connectivity index (χ3n) is 2.01. The van der Waals surface area contributed by atoms with Crippen LogP contribution in [0.1, 0.15) is 11.3 Å². The first kappa shape index (κ1) is 10.4. The predicted molar refractivity (Wildman–Crippen MR) is 58.3 cm³/mol. The lowest BCUT2D eigenvalue weighted by Gasteiger charge is -1.97. The van der Waals surface area contributed by atoms with E-state index in [1.165, 1.54) is 0 Å². The summed E-state index contributed by atoms with van der Waals surface area (Å²) in [6.45, 7) is 3.69. The fourth-order valence-electron chi connectivity index (χ4n) is 1.22. The van der Waals surface area contributed by atoms with Crippen LogP contribution in [-0.2, 0) is 0 Å². The van der Waals surface area contributed by atoms with Gasteiger partial charge in [-0.2, -0.15) is 0 Å². The normalized spacial score (nSPS) is 11.1. The molecule has 0 saturated heterocycles. The molecule has 1 heterocycles. The van der Waals surface area contributed by atoms with E-state index in [0.29, 0.717) is 17.3 Å². The van der Waals surface area contributed by atoms with E-state index in [-0.39, 0.29) is 5.75 Å². The Kier molecular flexibility index (Phi) is 2.68. The fraction of sp³-hybridized carbons (Fsp3) is 0.182. The molecule has 16 heavy (non-hydrogen) atoms. The molecular weight excluding hydrogens is 206 g/mol. The van der Waals surface area contributed by atoms with Crippen LogP contribution in [0.2, 0.25) is 0 Å². The number of aromatic nitrogens is 1. The summed E-state index contributed by atoms with van der Waals surface area (Å²) in [6, 6.07) is 6.79. The highest BCUT2D eigenvalue weighted by atomic mass is 16.5. The van der Waals surface area contributed by atoms with Gasteiger partial charge in [0.2, 0.25) is 5.82 Å². The van der Waals surface area contributed by atoms with Crippen molar-refractivity contribution in [3.8, 4) is 5.75 Å². The maximum absolute atomic E-state index is 9.52. The SMILES string of the molecule is Cc1ccc(O)c(N=Nc2cc(C)on2)c1. The Balaban J connectivity index is 2.26. The zero-order valence-corrected chi connectivity index (χ0v) is 9.01. The van der Waals surface area contributed by atoms with Crippen LogP contribution in [-0.4, -0.2) is 10.3 Å². The number of hydrogen-bond acceptors (Lipinski definition) is 5. The molecular formula is C11H11N3O2. The van der Waals surface area contributed by atoms with Crippen molar-refractivity contribution in [1.82, 2.24) is 5.16 Å². The molecule has 0 spiro atoms. The van der Waals surface area contributed by atoms with E-state index >= 15 is 0 Å². The van der Waals surface area contributed by atoms with Gasteiger partial charge in [0.25, 0.3) is 0 Å². The number of aryl methyl sites for hydroxylation is 2. The lowest BCUT2D eigenvalue weighted by atomic mass is 10.2. The Labute approximate surface area is 92.4 Å². The van der Waals surface area contributed by atoms with Gasteiger partial charge in [0.05, 0.1) is 0 Å². The fourth-order valence-corrected chi connectivity index (χ4v) is 1.22. The number of benzene rings is 1. The summed E-state index contributed by atoms with van der Waals surface area (Å²) in [5.41, 5.74) is 1.42. The summed E-state index contributed by atoms with van der Waals surface area (Å²) in [5, 5.41) is 20.9. The van der Waals surface area contributed by atoms with E-state index in [1.807, 2.05) is 6.92 Å². The Morgan fingerprint density at radius 2 is 2.00 bits per heavy atom. The van der Waals surface area contributed by atoms with E-state index in [2.05, 4.69) is 15.4 Å². The first-order chi connectivity index (χ1) is 7.65. The molecule has 1 aromatic heterocycles. The van der Waals surface area contributed by atoms with Crippen molar-refractivity contribution in [3.05, 3.63) is 35.6 Å². The average molecular weight is 217 g/mol. The monoisotopic (exact) mass is 217 g/mol. The first-order valence-corrected chi connectivity index (χ1v) is 4.80. The van der Waals surface area contributed by atoms with Crippen molar-refractivity contribution in [3.63, 3.8) is 0 Å². The number of azo groups is 1. The predicted octanol–water partition coefficient (Wildman–Crippen LogP) is 3.41. The van der Waals surface area contributed by atoms with Crippen LogP contribution in [0.4, 0.5) is 11.5 Å². The van der Waals surface area contributed by atoms with Gasteiger partial charge in [0, 0.05) is 6.07 Å². The molecule has 0 bridgehead atoms. The molecule has 0 fully saturated rings. The molecule has 0 amide bonds. The lowest BCUT2D eigenvalue weighted by molar-refractivity contribution is 0.399. The maximum Gasteiger partial charge on any atom is 0.216 e. The highest BCUT2D eigenvalue weighted by molar-refractivity contribution is 5.52. The van der Waals surface area contributed by atoms with Crippen LogP contribution >= 0.6 is 0 Å². The summed E-state index contributed by atoms with van der Waals surface area (Å²) in [7, 11) is 0. The van der Waals surface area contributed by atoms with Gasteiger partial charge in [-0.15, -0.1) is 10.2 Å². The molecule has 0 aliphatic heterocycles. The Morgan fingerprint density at radius 1 is 1.19 bits per heavy atom. The van der Waals surface area contributed by atoms with Gasteiger partial charge in [-0.25, -0.2) is 0 Å². The molecule has 0 aliphatic rings. The van der Waals surface area contributed by atoms with Gasteiger partial charge in [-0.05, 0) is 31.5 Å². The summed E-state index contributed by atoms with van der Waals surface area (Å²) in [4.78, 5) is 0. The van der Waals surface area contributed by atoms with Crippen LogP contribution < -0.4 is 0 Å². The zero-order valence-electron chi connectivity index (χ0n) is 9.01. The molecule has 0 saturated carbocycles. The van der Waals surface area contributed by atoms with Crippen molar-refractivity contribution in [2.45, 2.75) is 13.8 Å². The summed E-state index contributed by atoms with van der Waals surface area (Å²) >= 11 is 0. The van der Waals surface area contributed by atoms with Crippen LogP contribution in [0.15, 0.2) is 39.0 Å². The van der Waals surface area contributed by atoms with Gasteiger partial charge in [0.15, 0.2) is 0 Å². The topological polar surface area (TPSA) is 71.0 Å². The van der Waals surface area contributed by atoms with Gasteiger partial charge in [-0.3, -0.25) is 0 Å². The summed E-state index contributed by atoms with van der Waals surface area (Å²) in [6.07, 6.45) is 0. The van der Waals surface area contributed by atoms with E-state index < -0.39 is 0 Å². The van der Waals surface area contributed by atoms with Gasteiger partial charge in [0.1, 0.15) is 17.2 Å². The quantitative estimate of drug-likeness (QED) is 0.783. The third-order valence-corrected chi connectivity index (χ3v) is 2.01. The number of aromatic hydroxyl groups is 1. The average Bonchev–Trinajstić information content (AvgIpc) is 2.66. The number of nitrogens with zero attached hydrogens (tertiary/aromatic N) is 3. The molecule has 1 N–H and O–H groups in total. The number of phenolic OH excluding ortho intramolecular Hbond substituents is 1. The molecule has 0 radical (unpaired) electrons. The molecule has 82 valence electrons. The molecule has 2 aromatic rings. The number of rotatable bonds is 2. The van der Waals surface area contributed by atoms with Gasteiger partial charge < -0.3 is 9.63 Å². The Hall–Kier alpha value is -2.17. The molecule has 2 rings (SSSR count). The smallest absolute Gasteiger partial charge is 0.216 e. The van der Waals surface area contributed by atoms with E-state index in [9.17, 15) is 5.11 Å². The minimum atomic E-state index is 0.0922. The number of phenols is 1. The molecule has 0 atom stereocenters. The highest BCUT2D eigenvalue weighted by Gasteiger charge is 2.01. The summed E-state index contributed by atoms with van der Waals surface area (Å²) < 4.78 is 4.84. The Bertz CT molecular complexity index is 532. The second-order valence-corrected chi connectivity index (χ2v) is 3.49. The standard InChI is InChI=1S/C11H11N3O2/c1-7-3-4-10(15)9(5-7)12-13-11-6-8(2)16-14-11/h3-6,15H,1-2H3. The maximum atomic E-state index is 9.52. The van der Waals surface area contributed by atoms with Gasteiger partial charge >= 0.3 is 0 Å². The molecule has 5 heteroatoms. The number of hydrogen-bond donors (Lipinski definition) is 1. The first-order valence-electron chi connectivity index (χ1n) is 4.80. The lowest BCUT2D eigenvalue weighted by Crippen LogP contribution is -1.71. The van der Waals surface area contributed by atoms with Crippen molar-refractivity contribution in [1.29, 1.82) is 0 Å². The van der Waals surface area contributed by atoms with E-state index in [4.69, 9.17) is 4.52 Å². The largest absolute Gasteiger partial charge is 0.506 e. The van der Waals surface area contributed by atoms with E-state index in [0.717, 1.165) is 5.56 Å². The van der Waals surface area contributed by atoms with Crippen molar-refractivity contribution in [2.75, 3.05) is 0 Å². The van der Waals surface area contributed by atoms with Crippen molar-refractivity contribution >= 4 is 11.5 Å². The van der Waals surface area contributed by atoms with Crippen LogP contribution in [0.3, 0.4) is 0 Å². The van der Waals surface area contributed by atoms with Crippen LogP contribution in [0, 0.1) is 13.8 Å². The second-order valence-electron chi connectivity index (χ2n) is 3.49. The molecule has 0 aliphatic carbocycles. The van der Waals surface area contributed by atoms with Crippen LogP contribution in [0.25, 0.3) is 0 Å². The third kappa shape index (κ3) is 2.25. The van der Waals surface area contributed by atoms with E-state index in [1.54, 1.807) is 31.2 Å². The summed E-state index contributed by atoms with van der Waals surface area (Å²) in [5.74, 6) is 1.15. The molecule has 1 aromatic carbocycles. The Morgan fingerprint density at radius 3 is 2.69 bits per heavy atom. The van der Waals surface area contributed by atoms with Gasteiger partial charge in [-0.1, -0.05) is 11.2 Å². The molecule has 5 nitrogen and oxygen atoms in total. The zero-order chi connectivity index (χ0) is 11.5. The minimum absolute atomic E-state index is 0.0922. The van der Waals surface area contributed by atoms with Crippen molar-refractivity contribution in [2.24, 2.45) is 10.2 Å².